The van der Waals surface area contributed by atoms with E-state index in [1.165, 1.54) is 6.26 Å². The molecule has 9 heteroatoms. The van der Waals surface area contributed by atoms with Crippen LogP contribution >= 0.6 is 11.6 Å². The summed E-state index contributed by atoms with van der Waals surface area (Å²) in [6.07, 6.45) is 12.3. The Bertz CT molecular complexity index is 971. The second-order valence-electron chi connectivity index (χ2n) is 12.5. The van der Waals surface area contributed by atoms with Gasteiger partial charge in [-0.15, -0.1) is 11.6 Å². The summed E-state index contributed by atoms with van der Waals surface area (Å²) in [5.41, 5.74) is 0.132. The highest BCUT2D eigenvalue weighted by atomic mass is 35.5. The first-order chi connectivity index (χ1) is 18.3. The van der Waals surface area contributed by atoms with Gasteiger partial charge in [0.1, 0.15) is 12.4 Å². The summed E-state index contributed by atoms with van der Waals surface area (Å²) < 4.78 is 32.6. The van der Waals surface area contributed by atoms with E-state index in [1.807, 2.05) is 4.57 Å². The van der Waals surface area contributed by atoms with Gasteiger partial charge in [-0.2, -0.15) is 0 Å². The third-order valence-corrected chi connectivity index (χ3v) is 10.5. The maximum Gasteiger partial charge on any atom is 0.293 e. The number of alkyl halides is 2. The van der Waals surface area contributed by atoms with Crippen molar-refractivity contribution in [3.05, 3.63) is 18.1 Å². The maximum absolute atomic E-state index is 14.1. The van der Waals surface area contributed by atoms with Crippen molar-refractivity contribution in [3.63, 3.8) is 0 Å². The van der Waals surface area contributed by atoms with Crippen LogP contribution in [0.15, 0.2) is 16.9 Å². The lowest BCUT2D eigenvalue weighted by Crippen LogP contribution is -2.50. The summed E-state index contributed by atoms with van der Waals surface area (Å²) in [5, 5.41) is 11.4. The lowest BCUT2D eigenvalue weighted by atomic mass is 9.66. The van der Waals surface area contributed by atoms with Gasteiger partial charge < -0.3 is 19.2 Å². The lowest BCUT2D eigenvalue weighted by molar-refractivity contribution is -0.129. The number of rotatable bonds is 9. The van der Waals surface area contributed by atoms with E-state index >= 15 is 0 Å². The monoisotopic (exact) mass is 553 g/mol. The second-order valence-corrected chi connectivity index (χ2v) is 13.1. The molecule has 8 unspecified atom stereocenters. The summed E-state index contributed by atoms with van der Waals surface area (Å²) in [5.74, 6) is 1.69. The van der Waals surface area contributed by atoms with Gasteiger partial charge in [0.25, 0.3) is 5.68 Å². The first kappa shape index (κ1) is 28.2. The number of hydrogen-bond acceptors (Lipinski definition) is 5. The second kappa shape index (κ2) is 12.4. The van der Waals surface area contributed by atoms with Gasteiger partial charge in [0, 0.05) is 44.3 Å². The first-order valence-electron chi connectivity index (χ1n) is 14.7. The fourth-order valence-corrected chi connectivity index (χ4v) is 8.36. The molecule has 5 rings (SSSR count). The van der Waals surface area contributed by atoms with Gasteiger partial charge in [-0.25, -0.2) is 4.39 Å². The quantitative estimate of drug-likeness (QED) is 0.418. The number of carbonyl (C=O) groups excluding carboxylic acids is 1. The molecule has 1 aromatic heterocycles. The van der Waals surface area contributed by atoms with E-state index in [-0.39, 0.29) is 58.9 Å². The Hall–Kier alpha value is -1.38. The molecule has 2 N–H and O–H groups in total. The van der Waals surface area contributed by atoms with E-state index in [4.69, 9.17) is 30.9 Å². The molecule has 0 saturated heterocycles. The van der Waals surface area contributed by atoms with Crippen LogP contribution in [0.5, 0.6) is 0 Å². The molecule has 1 aromatic rings. The van der Waals surface area contributed by atoms with Crippen LogP contribution in [0.2, 0.25) is 0 Å². The van der Waals surface area contributed by atoms with E-state index in [0.717, 1.165) is 57.8 Å². The molecule has 0 aliphatic heterocycles. The fourth-order valence-electron chi connectivity index (χ4n) is 7.84. The third-order valence-electron chi connectivity index (χ3n) is 9.98. The smallest absolute Gasteiger partial charge is 0.293 e. The fraction of sp³-hybridized carbons (Fsp3) is 0.862. The molecule has 4 aliphatic rings. The minimum atomic E-state index is -0.818. The molecule has 4 aliphatic carbocycles. The van der Waals surface area contributed by atoms with Crippen LogP contribution in [0, 0.1) is 40.9 Å². The maximum atomic E-state index is 14.1. The number of hydrogen-bond donors (Lipinski definition) is 2. The predicted molar refractivity (Wildman–Crippen MR) is 142 cm³/mol. The zero-order chi connectivity index (χ0) is 26.8. The highest BCUT2D eigenvalue weighted by Gasteiger charge is 2.45. The van der Waals surface area contributed by atoms with Crippen molar-refractivity contribution < 1.29 is 23.1 Å². The van der Waals surface area contributed by atoms with E-state index in [9.17, 15) is 9.18 Å². The van der Waals surface area contributed by atoms with E-state index < -0.39 is 6.17 Å². The Labute approximate surface area is 230 Å². The standard InChI is InChI=1S/C29H45ClFN3O4/c1-36-23-12-20(13-24(15-23)37-2)27(18-3-4-18)33-28(35)21-10-17(16-34-7-8-38-29(34)32)9-19(11-21)25-6-5-22(31)14-26(25)30/h7-8,17-27,32H,3-6,9-16H2,1-2H3,(H,33,35)/t17?,19?,20?,21?,22?,23?,24?,25?,26?,27-/m0/s1. The molecular formula is C29H45ClFN3O4. The van der Waals surface area contributed by atoms with Crippen LogP contribution in [0.4, 0.5) is 4.39 Å². The Morgan fingerprint density at radius 1 is 1.08 bits per heavy atom. The lowest BCUT2D eigenvalue weighted by Gasteiger charge is -2.43. The van der Waals surface area contributed by atoms with Crippen LogP contribution in [-0.2, 0) is 20.8 Å². The van der Waals surface area contributed by atoms with Gasteiger partial charge in [0.2, 0.25) is 5.91 Å². The summed E-state index contributed by atoms with van der Waals surface area (Å²) in [6, 6.07) is 0.155. The van der Waals surface area contributed by atoms with E-state index in [0.29, 0.717) is 31.2 Å². The number of nitrogens with zero attached hydrogens (tertiary/aromatic N) is 1. The average molecular weight is 554 g/mol. The molecule has 4 fully saturated rings. The molecule has 214 valence electrons. The van der Waals surface area contributed by atoms with Crippen molar-refractivity contribution in [1.82, 2.24) is 9.88 Å². The molecule has 9 atom stereocenters. The number of halogens is 2. The van der Waals surface area contributed by atoms with Crippen molar-refractivity contribution in [3.8, 4) is 0 Å². The van der Waals surface area contributed by atoms with E-state index in [2.05, 4.69) is 5.32 Å². The molecule has 1 amide bonds. The Morgan fingerprint density at radius 2 is 1.82 bits per heavy atom. The normalized spacial score (nSPS) is 39.0. The van der Waals surface area contributed by atoms with Crippen molar-refractivity contribution >= 4 is 17.5 Å². The molecule has 0 radical (unpaired) electrons. The van der Waals surface area contributed by atoms with Gasteiger partial charge in [-0.1, -0.05) is 0 Å². The zero-order valence-corrected chi connectivity index (χ0v) is 23.6. The Balaban J connectivity index is 1.30. The summed E-state index contributed by atoms with van der Waals surface area (Å²) in [6.45, 7) is 0.654. The van der Waals surface area contributed by atoms with E-state index in [1.54, 1.807) is 20.4 Å². The summed E-state index contributed by atoms with van der Waals surface area (Å²) in [4.78, 5) is 13.9. The molecule has 1 heterocycles. The highest BCUT2D eigenvalue weighted by molar-refractivity contribution is 6.20. The number of ether oxygens (including phenoxy) is 2. The van der Waals surface area contributed by atoms with Crippen LogP contribution in [0.25, 0.3) is 0 Å². The largest absolute Gasteiger partial charge is 0.432 e. The van der Waals surface area contributed by atoms with Crippen molar-refractivity contribution in [2.24, 2.45) is 35.5 Å². The molecule has 38 heavy (non-hydrogen) atoms. The van der Waals surface area contributed by atoms with Gasteiger partial charge in [-0.3, -0.25) is 14.8 Å². The van der Waals surface area contributed by atoms with Crippen LogP contribution < -0.4 is 11.0 Å². The number of oxazole rings is 1. The number of methoxy groups -OCH3 is 2. The van der Waals surface area contributed by atoms with Crippen molar-refractivity contribution in [2.45, 2.75) is 107 Å². The van der Waals surface area contributed by atoms with Crippen LogP contribution in [-0.4, -0.2) is 54.5 Å². The van der Waals surface area contributed by atoms with Gasteiger partial charge >= 0.3 is 0 Å². The van der Waals surface area contributed by atoms with Gasteiger partial charge in [-0.05, 0) is 100 Å². The van der Waals surface area contributed by atoms with Crippen LogP contribution in [0.1, 0.15) is 70.6 Å². The molecule has 0 bridgehead atoms. The summed E-state index contributed by atoms with van der Waals surface area (Å²) in [7, 11) is 3.54. The van der Waals surface area contributed by atoms with Crippen molar-refractivity contribution in [2.75, 3.05) is 14.2 Å². The summed E-state index contributed by atoms with van der Waals surface area (Å²) >= 11 is 6.73. The zero-order valence-electron chi connectivity index (χ0n) is 22.8. The number of nitrogens with one attached hydrogen (secondary N) is 2. The topological polar surface area (TPSA) is 89.5 Å². The number of carbonyl (C=O) groups is 1. The molecule has 0 spiro atoms. The Kier molecular flexibility index (Phi) is 9.21. The number of amides is 1. The van der Waals surface area contributed by atoms with Gasteiger partial charge in [0.05, 0.1) is 12.2 Å². The predicted octanol–water partition coefficient (Wildman–Crippen LogP) is 5.06. The molecule has 0 aromatic carbocycles. The number of aromatic nitrogens is 1. The SMILES string of the molecule is COC1CC(OC)CC([C@@H](NC(=O)C2CC(Cn3ccoc3=N)CC(C3CCC(F)CC3Cl)C2)C2CC2)C1. The molecular weight excluding hydrogens is 509 g/mol. The minimum Gasteiger partial charge on any atom is -0.432 e. The van der Waals surface area contributed by atoms with Crippen LogP contribution in [0.3, 0.4) is 0 Å². The average Bonchev–Trinajstić information content (AvgIpc) is 3.68. The highest BCUT2D eigenvalue weighted by Crippen LogP contribution is 2.46. The van der Waals surface area contributed by atoms with Crippen molar-refractivity contribution in [1.29, 1.82) is 5.41 Å². The molecule has 7 nitrogen and oxygen atoms in total. The molecule has 4 saturated carbocycles. The minimum absolute atomic E-state index is 0.103. The Morgan fingerprint density at radius 3 is 2.42 bits per heavy atom. The first-order valence-corrected chi connectivity index (χ1v) is 15.1. The van der Waals surface area contributed by atoms with Gasteiger partial charge in [0.15, 0.2) is 0 Å². The third kappa shape index (κ3) is 6.67.